The maximum atomic E-state index is 12.4. The molecule has 1 aliphatic rings. The normalized spacial score (nSPS) is 35.0. The summed E-state index contributed by atoms with van der Waals surface area (Å²) in [4.78, 5) is 0. The summed E-state index contributed by atoms with van der Waals surface area (Å²) in [5, 5.41) is 2.67. The van der Waals surface area contributed by atoms with Gasteiger partial charge in [0.1, 0.15) is 0 Å². The van der Waals surface area contributed by atoms with Crippen molar-refractivity contribution in [1.82, 2.24) is 9.76 Å². The third-order valence-electron chi connectivity index (χ3n) is 1.78. The largest absolute Gasteiger partial charge is 0.343 e. The van der Waals surface area contributed by atoms with E-state index in [0.717, 1.165) is 0 Å². The molecular weight excluding hydrogens is 246 g/mol. The molecule has 0 amide bonds. The number of nitrogens with one attached hydrogen (secondary N) is 1. The minimum absolute atomic E-state index is 0.177. The Hall–Kier alpha value is 0.690. The molecule has 0 bridgehead atoms. The fraction of sp³-hybridized carbons (Fsp3) is 1.00. The Balaban J connectivity index is 2.74. The van der Waals surface area contributed by atoms with E-state index in [1.807, 2.05) is 0 Å². The van der Waals surface area contributed by atoms with Crippen LogP contribution in [-0.2, 0) is 9.09 Å². The van der Waals surface area contributed by atoms with Crippen molar-refractivity contribution in [3.63, 3.8) is 0 Å². The maximum absolute atomic E-state index is 12.4. The van der Waals surface area contributed by atoms with Crippen LogP contribution in [0.2, 0.25) is 0 Å². The lowest BCUT2D eigenvalue weighted by Gasteiger charge is -2.34. The molecule has 14 heavy (non-hydrogen) atoms. The topological polar surface area (TPSA) is 41.6 Å². The van der Waals surface area contributed by atoms with E-state index in [2.05, 4.69) is 5.09 Å². The second kappa shape index (κ2) is 6.31. The van der Waals surface area contributed by atoms with Crippen LogP contribution >= 0.6 is 30.9 Å². The number of hydrogen-bond acceptors (Lipinski definition) is 2. The van der Waals surface area contributed by atoms with Gasteiger partial charge in [0, 0.05) is 31.4 Å². The van der Waals surface area contributed by atoms with E-state index in [0.29, 0.717) is 25.5 Å². The average molecular weight is 263 g/mol. The first-order valence-corrected chi connectivity index (χ1v) is 7.01. The molecule has 4 nitrogen and oxygen atoms in total. The van der Waals surface area contributed by atoms with Gasteiger partial charge in [-0.25, -0.2) is 9.76 Å². The van der Waals surface area contributed by atoms with Crippen LogP contribution < -0.4 is 5.09 Å². The van der Waals surface area contributed by atoms with Crippen LogP contribution in [0, 0.1) is 0 Å². The molecule has 1 saturated heterocycles. The van der Waals surface area contributed by atoms with Crippen molar-refractivity contribution >= 4 is 30.9 Å². The monoisotopic (exact) mass is 262 g/mol. The van der Waals surface area contributed by atoms with Crippen molar-refractivity contribution in [3.8, 4) is 0 Å². The van der Waals surface area contributed by atoms with Crippen molar-refractivity contribution in [2.75, 3.05) is 38.0 Å². The van der Waals surface area contributed by atoms with Gasteiger partial charge >= 0.3 is 7.67 Å². The van der Waals surface area contributed by atoms with Gasteiger partial charge in [-0.15, -0.1) is 23.2 Å². The van der Waals surface area contributed by atoms with Crippen LogP contribution in [0.15, 0.2) is 0 Å². The van der Waals surface area contributed by atoms with E-state index in [4.69, 9.17) is 30.5 Å². The summed E-state index contributed by atoms with van der Waals surface area (Å²) in [5.41, 5.74) is 0. The van der Waals surface area contributed by atoms with E-state index in [1.165, 1.54) is 0 Å². The first-order valence-electron chi connectivity index (χ1n) is 5.37. The van der Waals surface area contributed by atoms with Crippen molar-refractivity contribution in [1.29, 1.82) is 0 Å². The van der Waals surface area contributed by atoms with Crippen molar-refractivity contribution in [2.45, 2.75) is 6.42 Å². The number of halogens is 2. The molecule has 1 N–H and O–H groups in total. The molecular formula is C7H15Cl2N2O2P. The zero-order valence-corrected chi connectivity index (χ0v) is 10.1. The molecule has 1 aliphatic heterocycles. The highest BCUT2D eigenvalue weighted by Crippen LogP contribution is 2.48. The molecule has 0 aliphatic carbocycles. The summed E-state index contributed by atoms with van der Waals surface area (Å²) in [5.74, 6) is 0.601. The number of hydrogen-bond donors (Lipinski definition) is 1. The molecule has 1 heterocycles. The highest BCUT2D eigenvalue weighted by Gasteiger charge is 2.33. The number of rotatable bonds is 5. The molecule has 0 radical (unpaired) electrons. The second-order valence-corrected chi connectivity index (χ2v) is 5.61. The van der Waals surface area contributed by atoms with E-state index < -0.39 is 14.2 Å². The molecule has 7 heteroatoms. The summed E-state index contributed by atoms with van der Waals surface area (Å²) in [6.45, 7) is -0.818. The Kier molecular flexibility index (Phi) is 4.46. The SMILES string of the molecule is [2H]C1([2H])CCN(CCCl)P(=O)(NCCCl)O1. The van der Waals surface area contributed by atoms with Crippen LogP contribution in [-0.4, -0.2) is 42.6 Å². The zero-order chi connectivity index (χ0) is 12.2. The quantitative estimate of drug-likeness (QED) is 0.607. The van der Waals surface area contributed by atoms with Crippen LogP contribution in [0.1, 0.15) is 9.16 Å². The highest BCUT2D eigenvalue weighted by atomic mass is 35.5. The van der Waals surface area contributed by atoms with Crippen LogP contribution in [0.4, 0.5) is 0 Å². The molecule has 0 saturated carbocycles. The van der Waals surface area contributed by atoms with Crippen LogP contribution in [0.5, 0.6) is 0 Å². The summed E-state index contributed by atoms with van der Waals surface area (Å²) in [6.07, 6.45) is 0.177. The Morgan fingerprint density at radius 1 is 1.57 bits per heavy atom. The van der Waals surface area contributed by atoms with Gasteiger partial charge in [-0.3, -0.25) is 4.57 Å². The molecule has 1 atom stereocenters. The molecule has 1 rings (SSSR count). The minimum Gasteiger partial charge on any atom is -0.306 e. The lowest BCUT2D eigenvalue weighted by Crippen LogP contribution is -2.36. The fourth-order valence-corrected chi connectivity index (χ4v) is 3.47. The van der Waals surface area contributed by atoms with E-state index in [1.54, 1.807) is 4.67 Å². The number of nitrogens with zero attached hydrogens (tertiary/aromatic N) is 1. The summed E-state index contributed by atoms with van der Waals surface area (Å²) < 4.78 is 33.9. The first kappa shape index (κ1) is 9.88. The van der Waals surface area contributed by atoms with Gasteiger partial charge in [0.25, 0.3) is 0 Å². The Morgan fingerprint density at radius 3 is 3.00 bits per heavy atom. The fourth-order valence-electron chi connectivity index (χ4n) is 1.15. The molecule has 0 aromatic heterocycles. The predicted molar refractivity (Wildman–Crippen MR) is 59.2 cm³/mol. The van der Waals surface area contributed by atoms with Crippen LogP contribution in [0.25, 0.3) is 0 Å². The molecule has 0 aromatic rings. The summed E-state index contributed by atoms with van der Waals surface area (Å²) in [6, 6.07) is 0. The lowest BCUT2D eigenvalue weighted by atomic mass is 10.4. The minimum atomic E-state index is -3.34. The van der Waals surface area contributed by atoms with Crippen molar-refractivity contribution in [2.24, 2.45) is 0 Å². The smallest absolute Gasteiger partial charge is 0.306 e. The van der Waals surface area contributed by atoms with Gasteiger partial charge in [0.2, 0.25) is 0 Å². The predicted octanol–water partition coefficient (Wildman–Crippen LogP) is 1.88. The number of alkyl halides is 2. The molecule has 0 aromatic carbocycles. The van der Waals surface area contributed by atoms with Gasteiger partial charge in [-0.1, -0.05) is 0 Å². The van der Waals surface area contributed by atoms with Gasteiger partial charge < -0.3 is 4.52 Å². The lowest BCUT2D eigenvalue weighted by molar-refractivity contribution is 0.203. The Morgan fingerprint density at radius 2 is 2.36 bits per heavy atom. The average Bonchev–Trinajstić information content (AvgIpc) is 2.19. The third kappa shape index (κ3) is 3.37. The van der Waals surface area contributed by atoms with Gasteiger partial charge in [0.15, 0.2) is 0 Å². The van der Waals surface area contributed by atoms with E-state index in [9.17, 15) is 4.57 Å². The van der Waals surface area contributed by atoms with Gasteiger partial charge in [0.05, 0.1) is 9.30 Å². The third-order valence-corrected chi connectivity index (χ3v) is 4.28. The maximum Gasteiger partial charge on any atom is 0.343 e. The summed E-state index contributed by atoms with van der Waals surface area (Å²) in [7, 11) is -3.34. The summed E-state index contributed by atoms with van der Waals surface area (Å²) >= 11 is 11.1. The molecule has 1 unspecified atom stereocenters. The zero-order valence-electron chi connectivity index (χ0n) is 9.71. The molecule has 84 valence electrons. The molecule has 0 spiro atoms. The van der Waals surface area contributed by atoms with Gasteiger partial charge in [-0.2, -0.15) is 0 Å². The standard InChI is InChI=1S/C7H15Cl2N2O2P/c8-2-4-10-14(12)11(6-3-9)5-1-7-13-14/h1-7H2,(H,10,12)/i7D2. The Labute approximate surface area is 97.3 Å². The van der Waals surface area contributed by atoms with Gasteiger partial charge in [-0.05, 0) is 6.42 Å². The highest BCUT2D eigenvalue weighted by molar-refractivity contribution is 7.54. The van der Waals surface area contributed by atoms with Crippen LogP contribution in [0.3, 0.4) is 0 Å². The van der Waals surface area contributed by atoms with E-state index >= 15 is 0 Å². The Bertz CT molecular complexity index is 283. The van der Waals surface area contributed by atoms with Crippen molar-refractivity contribution in [3.05, 3.63) is 0 Å². The molecule has 1 fully saturated rings. The second-order valence-electron chi connectivity index (χ2n) is 2.75. The first-order chi connectivity index (χ1) is 7.43. The van der Waals surface area contributed by atoms with Crippen molar-refractivity contribution < 1.29 is 11.8 Å². The van der Waals surface area contributed by atoms with E-state index in [-0.39, 0.29) is 12.3 Å².